The number of fused-ring (bicyclic) bond motifs is 1. The van der Waals surface area contributed by atoms with Crippen LogP contribution in [0.25, 0.3) is 10.9 Å². The summed E-state index contributed by atoms with van der Waals surface area (Å²) >= 11 is 0. The van der Waals surface area contributed by atoms with Crippen LogP contribution in [-0.2, 0) is 16.0 Å². The minimum atomic E-state index is -0.292. The molecule has 1 aliphatic carbocycles. The third-order valence-corrected chi connectivity index (χ3v) is 4.78. The van der Waals surface area contributed by atoms with Gasteiger partial charge in [0.25, 0.3) is 0 Å². The van der Waals surface area contributed by atoms with Gasteiger partial charge in [0, 0.05) is 23.0 Å². The summed E-state index contributed by atoms with van der Waals surface area (Å²) in [7, 11) is 0. The molecule has 2 unspecified atom stereocenters. The fourth-order valence-electron chi connectivity index (χ4n) is 3.28. The molecule has 3 aromatic rings. The predicted molar refractivity (Wildman–Crippen MR) is 95.5 cm³/mol. The van der Waals surface area contributed by atoms with Crippen LogP contribution in [0.2, 0.25) is 0 Å². The maximum absolute atomic E-state index is 13.0. The fraction of sp³-hybridized carbons (Fsp3) is 0.200. The van der Waals surface area contributed by atoms with Crippen LogP contribution in [0, 0.1) is 11.7 Å². The van der Waals surface area contributed by atoms with Gasteiger partial charge in [0.1, 0.15) is 5.82 Å². The first-order chi connectivity index (χ1) is 12.6. The van der Waals surface area contributed by atoms with Crippen LogP contribution in [-0.4, -0.2) is 16.8 Å². The number of carbonyl (C=O) groups excluding carboxylic acids is 2. The van der Waals surface area contributed by atoms with Crippen molar-refractivity contribution < 1.29 is 14.0 Å². The van der Waals surface area contributed by atoms with E-state index in [4.69, 9.17) is 0 Å². The molecule has 4 rings (SSSR count). The molecule has 0 saturated heterocycles. The van der Waals surface area contributed by atoms with E-state index in [2.05, 4.69) is 15.8 Å². The van der Waals surface area contributed by atoms with Gasteiger partial charge in [-0.1, -0.05) is 30.3 Å². The van der Waals surface area contributed by atoms with Crippen LogP contribution in [0.3, 0.4) is 0 Å². The zero-order valence-corrected chi connectivity index (χ0v) is 14.0. The summed E-state index contributed by atoms with van der Waals surface area (Å²) in [5.74, 6) is -0.886. The second kappa shape index (κ2) is 6.63. The second-order valence-corrected chi connectivity index (χ2v) is 6.57. The van der Waals surface area contributed by atoms with Gasteiger partial charge in [-0.25, -0.2) is 4.39 Å². The van der Waals surface area contributed by atoms with Crippen molar-refractivity contribution in [1.29, 1.82) is 0 Å². The molecule has 2 atom stereocenters. The highest BCUT2D eigenvalue weighted by Gasteiger charge is 2.44. The van der Waals surface area contributed by atoms with Crippen molar-refractivity contribution in [3.8, 4) is 0 Å². The number of carbonyl (C=O) groups is 2. The zero-order chi connectivity index (χ0) is 18.1. The van der Waals surface area contributed by atoms with Gasteiger partial charge in [-0.05, 0) is 41.7 Å². The molecule has 1 heterocycles. The average Bonchev–Trinajstić information content (AvgIpc) is 3.36. The number of hydrogen-bond donors (Lipinski definition) is 3. The van der Waals surface area contributed by atoms with Crippen LogP contribution in [0.1, 0.15) is 23.5 Å². The molecule has 0 radical (unpaired) electrons. The molecule has 5 nitrogen and oxygen atoms in total. The first-order valence-corrected chi connectivity index (χ1v) is 8.51. The molecule has 2 aromatic carbocycles. The number of hydrazine groups is 1. The summed E-state index contributed by atoms with van der Waals surface area (Å²) in [4.78, 5) is 27.4. The number of aromatic amines is 1. The lowest BCUT2D eigenvalue weighted by molar-refractivity contribution is -0.129. The first-order valence-electron chi connectivity index (χ1n) is 8.51. The third-order valence-electron chi connectivity index (χ3n) is 4.78. The highest BCUT2D eigenvalue weighted by molar-refractivity contribution is 5.90. The maximum Gasteiger partial charge on any atom is 0.242 e. The molecule has 132 valence electrons. The third kappa shape index (κ3) is 3.31. The quantitative estimate of drug-likeness (QED) is 0.633. The van der Waals surface area contributed by atoms with E-state index in [0.717, 1.165) is 22.0 Å². The number of benzene rings is 2. The van der Waals surface area contributed by atoms with E-state index >= 15 is 0 Å². The summed E-state index contributed by atoms with van der Waals surface area (Å²) < 4.78 is 13.0. The second-order valence-electron chi connectivity index (χ2n) is 6.57. The molecule has 0 aliphatic heterocycles. The van der Waals surface area contributed by atoms with E-state index in [0.29, 0.717) is 6.42 Å². The van der Waals surface area contributed by atoms with Gasteiger partial charge in [0.15, 0.2) is 0 Å². The Labute approximate surface area is 149 Å². The lowest BCUT2D eigenvalue weighted by Gasteiger charge is -2.07. The summed E-state index contributed by atoms with van der Waals surface area (Å²) in [6, 6.07) is 13.9. The Kier molecular flexibility index (Phi) is 4.16. The van der Waals surface area contributed by atoms with Crippen LogP contribution >= 0.6 is 0 Å². The number of halogens is 1. The summed E-state index contributed by atoms with van der Waals surface area (Å²) in [5, 5.41) is 0.993. The molecule has 3 N–H and O–H groups in total. The molecular formula is C20H18FN3O2. The predicted octanol–water partition coefficient (Wildman–Crippen LogP) is 2.80. The Balaban J connectivity index is 1.29. The molecule has 0 spiro atoms. The van der Waals surface area contributed by atoms with Gasteiger partial charge in [0.05, 0.1) is 6.42 Å². The minimum absolute atomic E-state index is 0.0844. The molecule has 1 fully saturated rings. The number of amides is 2. The Hall–Kier alpha value is -3.15. The Morgan fingerprint density at radius 2 is 1.85 bits per heavy atom. The highest BCUT2D eigenvalue weighted by atomic mass is 19.1. The number of hydrogen-bond acceptors (Lipinski definition) is 2. The lowest BCUT2D eigenvalue weighted by Crippen LogP contribution is -2.43. The van der Waals surface area contributed by atoms with Crippen molar-refractivity contribution in [1.82, 2.24) is 15.8 Å². The van der Waals surface area contributed by atoms with E-state index < -0.39 is 0 Å². The van der Waals surface area contributed by atoms with Gasteiger partial charge >= 0.3 is 0 Å². The van der Waals surface area contributed by atoms with Gasteiger partial charge in [-0.3, -0.25) is 20.4 Å². The molecular weight excluding hydrogens is 333 g/mol. The van der Waals surface area contributed by atoms with Crippen molar-refractivity contribution in [3.63, 3.8) is 0 Å². The summed E-state index contributed by atoms with van der Waals surface area (Å²) in [6.07, 6.45) is 2.68. The largest absolute Gasteiger partial charge is 0.361 e. The highest BCUT2D eigenvalue weighted by Crippen LogP contribution is 2.47. The van der Waals surface area contributed by atoms with Crippen molar-refractivity contribution in [3.05, 3.63) is 71.7 Å². The number of nitrogens with one attached hydrogen (secondary N) is 3. The monoisotopic (exact) mass is 351 g/mol. The summed E-state index contributed by atoms with van der Waals surface area (Å²) in [6.45, 7) is 0. The Morgan fingerprint density at radius 1 is 1.08 bits per heavy atom. The van der Waals surface area contributed by atoms with Crippen molar-refractivity contribution in [2.75, 3.05) is 0 Å². The van der Waals surface area contributed by atoms with E-state index in [1.807, 2.05) is 24.3 Å². The van der Waals surface area contributed by atoms with E-state index in [1.165, 1.54) is 12.1 Å². The van der Waals surface area contributed by atoms with Crippen LogP contribution in [0.5, 0.6) is 0 Å². The molecule has 1 saturated carbocycles. The molecule has 2 amide bonds. The van der Waals surface area contributed by atoms with Crippen LogP contribution in [0.15, 0.2) is 54.7 Å². The number of rotatable bonds is 4. The minimum Gasteiger partial charge on any atom is -0.361 e. The van der Waals surface area contributed by atoms with E-state index in [9.17, 15) is 14.0 Å². The number of aromatic nitrogens is 1. The Bertz CT molecular complexity index is 965. The Morgan fingerprint density at radius 3 is 2.65 bits per heavy atom. The zero-order valence-electron chi connectivity index (χ0n) is 14.0. The lowest BCUT2D eigenvalue weighted by atomic mass is 10.1. The van der Waals surface area contributed by atoms with Gasteiger partial charge < -0.3 is 4.98 Å². The maximum atomic E-state index is 13.0. The first kappa shape index (κ1) is 16.3. The van der Waals surface area contributed by atoms with Crippen LogP contribution < -0.4 is 10.9 Å². The average molecular weight is 351 g/mol. The standard InChI is InChI=1S/C20H18FN3O2/c21-14-7-5-12(6-8-14)16-10-17(16)20(26)24-23-19(25)9-13-11-22-18-4-2-1-3-15(13)18/h1-8,11,16-17,22H,9-10H2,(H,23,25)(H,24,26). The van der Waals surface area contributed by atoms with Crippen molar-refractivity contribution in [2.24, 2.45) is 5.92 Å². The normalized spacial score (nSPS) is 18.5. The van der Waals surface area contributed by atoms with Gasteiger partial charge in [-0.15, -0.1) is 0 Å². The molecule has 1 aliphatic rings. The van der Waals surface area contributed by atoms with Gasteiger partial charge in [0.2, 0.25) is 11.8 Å². The van der Waals surface area contributed by atoms with E-state index in [1.54, 1.807) is 18.3 Å². The smallest absolute Gasteiger partial charge is 0.242 e. The van der Waals surface area contributed by atoms with Crippen LogP contribution in [0.4, 0.5) is 4.39 Å². The molecule has 1 aromatic heterocycles. The van der Waals surface area contributed by atoms with Gasteiger partial charge in [-0.2, -0.15) is 0 Å². The van der Waals surface area contributed by atoms with Crippen molar-refractivity contribution >= 4 is 22.7 Å². The topological polar surface area (TPSA) is 74.0 Å². The number of para-hydroxylation sites is 1. The SMILES string of the molecule is O=C(Cc1c[nH]c2ccccc12)NNC(=O)C1CC1c1ccc(F)cc1. The van der Waals surface area contributed by atoms with Crippen molar-refractivity contribution in [2.45, 2.75) is 18.8 Å². The molecule has 26 heavy (non-hydrogen) atoms. The summed E-state index contributed by atoms with van der Waals surface area (Å²) in [5.41, 5.74) is 7.76. The number of H-pyrrole nitrogens is 1. The van der Waals surface area contributed by atoms with E-state index in [-0.39, 0.29) is 35.9 Å². The molecule has 0 bridgehead atoms. The fourth-order valence-corrected chi connectivity index (χ4v) is 3.28. The molecule has 6 heteroatoms.